The molecular formula is C23H31N7O4S. The van der Waals surface area contributed by atoms with Crippen LogP contribution in [0.25, 0.3) is 0 Å². The summed E-state index contributed by atoms with van der Waals surface area (Å²) in [6.45, 7) is 3.06. The topological polar surface area (TPSA) is 159 Å². The fraction of sp³-hybridized carbons (Fsp3) is 0.478. The zero-order valence-electron chi connectivity index (χ0n) is 19.7. The number of sulfone groups is 1. The third-order valence-electron chi connectivity index (χ3n) is 6.34. The van der Waals surface area contributed by atoms with Crippen LogP contribution in [0.5, 0.6) is 0 Å². The molecule has 4 rings (SSSR count). The number of nitrogens with one attached hydrogen (secondary N) is 3. The maximum absolute atomic E-state index is 12.7. The zero-order valence-corrected chi connectivity index (χ0v) is 20.5. The number of aromatic nitrogens is 2. The Morgan fingerprint density at radius 2 is 1.86 bits per heavy atom. The summed E-state index contributed by atoms with van der Waals surface area (Å²) in [5.74, 6) is 0.165. The fourth-order valence-corrected chi connectivity index (χ4v) is 5.06. The molecule has 2 fully saturated rings. The van der Waals surface area contributed by atoms with E-state index in [4.69, 9.17) is 5.73 Å². The highest BCUT2D eigenvalue weighted by atomic mass is 32.2. The molecule has 1 atom stereocenters. The van der Waals surface area contributed by atoms with Crippen molar-refractivity contribution in [2.24, 2.45) is 11.7 Å². The standard InChI is InChI=1S/C23H31N7O4S/c1-35(33,34)18-6-4-16(5-7-18)27-22-20(21(24)31)26-13-19(29-22)30-12-2-3-17(14-30)28-23(32)15-8-10-25-11-9-15/h4-7,13,15,17,25H,2-3,8-12,14H2,1H3,(H2,24,31)(H,27,29)(H,28,32). The van der Waals surface area contributed by atoms with Crippen LogP contribution in [0.3, 0.4) is 0 Å². The summed E-state index contributed by atoms with van der Waals surface area (Å²) in [4.78, 5) is 35.7. The van der Waals surface area contributed by atoms with E-state index in [1.54, 1.807) is 12.1 Å². The molecule has 2 aliphatic heterocycles. The molecule has 35 heavy (non-hydrogen) atoms. The molecule has 0 bridgehead atoms. The van der Waals surface area contributed by atoms with Gasteiger partial charge >= 0.3 is 0 Å². The maximum Gasteiger partial charge on any atom is 0.271 e. The Morgan fingerprint density at radius 1 is 1.14 bits per heavy atom. The lowest BCUT2D eigenvalue weighted by Crippen LogP contribution is -2.50. The summed E-state index contributed by atoms with van der Waals surface area (Å²) in [7, 11) is -3.33. The van der Waals surface area contributed by atoms with Crippen molar-refractivity contribution in [2.45, 2.75) is 36.6 Å². The van der Waals surface area contributed by atoms with Gasteiger partial charge in [-0.1, -0.05) is 0 Å². The predicted octanol–water partition coefficient (Wildman–Crippen LogP) is 0.807. The van der Waals surface area contributed by atoms with Crippen LogP contribution in [-0.2, 0) is 14.6 Å². The van der Waals surface area contributed by atoms with Crippen molar-refractivity contribution in [1.29, 1.82) is 0 Å². The number of rotatable bonds is 7. The summed E-state index contributed by atoms with van der Waals surface area (Å²) in [5, 5.41) is 9.50. The second-order valence-corrected chi connectivity index (χ2v) is 11.0. The van der Waals surface area contributed by atoms with Crippen molar-refractivity contribution in [3.63, 3.8) is 0 Å². The molecule has 0 saturated carbocycles. The Bertz CT molecular complexity index is 1180. The molecule has 2 aromatic rings. The SMILES string of the molecule is CS(=O)(=O)c1ccc(Nc2nc(N3CCCC(NC(=O)C4CCNCC4)C3)cnc2C(N)=O)cc1. The first kappa shape index (κ1) is 24.9. The molecule has 0 aliphatic carbocycles. The normalized spacial score (nSPS) is 19.2. The van der Waals surface area contributed by atoms with E-state index >= 15 is 0 Å². The van der Waals surface area contributed by atoms with Crippen LogP contribution in [0.1, 0.15) is 36.2 Å². The number of nitrogens with two attached hydrogens (primary N) is 1. The average Bonchev–Trinajstić information content (AvgIpc) is 2.84. The first-order valence-corrected chi connectivity index (χ1v) is 13.6. The number of primary amides is 1. The van der Waals surface area contributed by atoms with Crippen molar-refractivity contribution >= 4 is 39.0 Å². The first-order valence-electron chi connectivity index (χ1n) is 11.7. The smallest absolute Gasteiger partial charge is 0.271 e. The largest absolute Gasteiger partial charge is 0.364 e. The number of amides is 2. The van der Waals surface area contributed by atoms with Crippen molar-refractivity contribution in [2.75, 3.05) is 42.7 Å². The van der Waals surface area contributed by atoms with Crippen molar-refractivity contribution in [1.82, 2.24) is 20.6 Å². The number of nitrogens with zero attached hydrogens (tertiary/aromatic N) is 3. The monoisotopic (exact) mass is 501 g/mol. The highest BCUT2D eigenvalue weighted by Gasteiger charge is 2.27. The third-order valence-corrected chi connectivity index (χ3v) is 7.47. The summed E-state index contributed by atoms with van der Waals surface area (Å²) in [6.07, 6.45) is 6.11. The first-order chi connectivity index (χ1) is 16.7. The van der Waals surface area contributed by atoms with Gasteiger partial charge < -0.3 is 26.6 Å². The van der Waals surface area contributed by atoms with Gasteiger partial charge in [0.1, 0.15) is 5.82 Å². The summed E-state index contributed by atoms with van der Waals surface area (Å²) in [5.41, 5.74) is 6.02. The second-order valence-electron chi connectivity index (χ2n) is 9.03. The fourth-order valence-electron chi connectivity index (χ4n) is 4.43. The minimum Gasteiger partial charge on any atom is -0.364 e. The van der Waals surface area contributed by atoms with Crippen LogP contribution in [0.15, 0.2) is 35.4 Å². The van der Waals surface area contributed by atoms with E-state index in [0.717, 1.165) is 51.6 Å². The summed E-state index contributed by atoms with van der Waals surface area (Å²) >= 11 is 0. The molecule has 12 heteroatoms. The van der Waals surface area contributed by atoms with E-state index in [2.05, 4.69) is 25.9 Å². The number of benzene rings is 1. The Labute approximate surface area is 204 Å². The van der Waals surface area contributed by atoms with Gasteiger partial charge in [-0.25, -0.2) is 18.4 Å². The van der Waals surface area contributed by atoms with Crippen LogP contribution >= 0.6 is 0 Å². The second kappa shape index (κ2) is 10.6. The quantitative estimate of drug-likeness (QED) is 0.430. The van der Waals surface area contributed by atoms with Crippen molar-refractivity contribution in [3.8, 4) is 0 Å². The van der Waals surface area contributed by atoms with Crippen LogP contribution in [0.2, 0.25) is 0 Å². The van der Waals surface area contributed by atoms with Crippen LogP contribution in [0, 0.1) is 5.92 Å². The lowest BCUT2D eigenvalue weighted by atomic mass is 9.96. The Morgan fingerprint density at radius 3 is 2.51 bits per heavy atom. The van der Waals surface area contributed by atoms with Crippen LogP contribution in [-0.4, -0.2) is 68.7 Å². The molecule has 2 aliphatic rings. The van der Waals surface area contributed by atoms with Crippen molar-refractivity contribution in [3.05, 3.63) is 36.2 Å². The van der Waals surface area contributed by atoms with Gasteiger partial charge in [0, 0.05) is 37.0 Å². The van der Waals surface area contributed by atoms with Gasteiger partial charge in [-0.2, -0.15) is 0 Å². The Kier molecular flexibility index (Phi) is 7.51. The molecule has 2 amide bonds. The molecule has 0 radical (unpaired) electrons. The molecular weight excluding hydrogens is 470 g/mol. The van der Waals surface area contributed by atoms with Crippen LogP contribution in [0.4, 0.5) is 17.3 Å². The summed E-state index contributed by atoms with van der Waals surface area (Å²) < 4.78 is 23.4. The van der Waals surface area contributed by atoms with Gasteiger partial charge in [0.25, 0.3) is 5.91 Å². The molecule has 1 aromatic heterocycles. The van der Waals surface area contributed by atoms with Crippen LogP contribution < -0.4 is 26.6 Å². The number of carbonyl (C=O) groups excluding carboxylic acids is 2. The van der Waals surface area contributed by atoms with E-state index in [9.17, 15) is 18.0 Å². The van der Waals surface area contributed by atoms with E-state index in [-0.39, 0.29) is 34.3 Å². The number of hydrogen-bond acceptors (Lipinski definition) is 9. The molecule has 3 heterocycles. The van der Waals surface area contributed by atoms with Gasteiger partial charge in [-0.3, -0.25) is 9.59 Å². The highest BCUT2D eigenvalue weighted by molar-refractivity contribution is 7.90. The number of piperidine rings is 2. The average molecular weight is 502 g/mol. The molecule has 11 nitrogen and oxygen atoms in total. The zero-order chi connectivity index (χ0) is 25.0. The van der Waals surface area contributed by atoms with Gasteiger partial charge in [0.2, 0.25) is 5.91 Å². The third kappa shape index (κ3) is 6.25. The molecule has 188 valence electrons. The molecule has 1 aromatic carbocycles. The Hall–Kier alpha value is -3.25. The lowest BCUT2D eigenvalue weighted by Gasteiger charge is -2.35. The molecule has 1 unspecified atom stereocenters. The van der Waals surface area contributed by atoms with Crippen molar-refractivity contribution < 1.29 is 18.0 Å². The van der Waals surface area contributed by atoms with Gasteiger partial charge in [0.15, 0.2) is 21.3 Å². The maximum atomic E-state index is 12.7. The minimum atomic E-state index is -3.33. The number of anilines is 3. The van der Waals surface area contributed by atoms with Gasteiger partial charge in [0.05, 0.1) is 11.1 Å². The molecule has 2 saturated heterocycles. The Balaban J connectivity index is 1.49. The van der Waals surface area contributed by atoms with E-state index in [1.807, 2.05) is 4.90 Å². The molecule has 5 N–H and O–H groups in total. The van der Waals surface area contributed by atoms with Gasteiger partial charge in [-0.05, 0) is 63.0 Å². The molecule has 0 spiro atoms. The summed E-state index contributed by atoms with van der Waals surface area (Å²) in [6, 6.07) is 6.12. The predicted molar refractivity (Wildman–Crippen MR) is 132 cm³/mol. The van der Waals surface area contributed by atoms with Gasteiger partial charge in [-0.15, -0.1) is 0 Å². The lowest BCUT2D eigenvalue weighted by molar-refractivity contribution is -0.126. The van der Waals surface area contributed by atoms with E-state index < -0.39 is 15.7 Å². The van der Waals surface area contributed by atoms with E-state index in [1.165, 1.54) is 18.3 Å². The number of carbonyl (C=O) groups is 2. The minimum absolute atomic E-state index is 0.00343. The van der Waals surface area contributed by atoms with E-state index in [0.29, 0.717) is 18.1 Å². The number of hydrogen-bond donors (Lipinski definition) is 4. The highest BCUT2D eigenvalue weighted by Crippen LogP contribution is 2.24.